The number of anilines is 2. The monoisotopic (exact) mass is 474 g/mol. The van der Waals surface area contributed by atoms with Crippen molar-refractivity contribution < 1.29 is 47.2 Å². The Hall–Kier alpha value is -1.66. The van der Waals surface area contributed by atoms with Crippen LogP contribution in [0.3, 0.4) is 0 Å². The summed E-state index contributed by atoms with van der Waals surface area (Å²) in [5.74, 6) is -0.339. The molecule has 0 aliphatic carbocycles. The number of amides is 2. The van der Waals surface area contributed by atoms with Gasteiger partial charge >= 0.3 is 29.6 Å². The maximum Gasteiger partial charge on any atom is 1.00 e. The molecule has 1 unspecified atom stereocenters. The van der Waals surface area contributed by atoms with Crippen LogP contribution >= 0.6 is 0 Å². The number of aromatic nitrogens is 2. The van der Waals surface area contributed by atoms with E-state index >= 15 is 0 Å². The minimum Gasteiger partial charge on any atom is -0.424 e. The average Bonchev–Trinajstić information content (AvgIpc) is 3.29. The number of aryl methyl sites for hydroxylation is 3. The average molecular weight is 475 g/mol. The molecule has 32 heavy (non-hydrogen) atoms. The zero-order valence-corrected chi connectivity index (χ0v) is 22.0. The normalized spacial score (nSPS) is 16.5. The second-order valence-electron chi connectivity index (χ2n) is 7.80. The molecular weight excluding hydrogens is 446 g/mol. The number of rotatable bonds is 7. The fourth-order valence-electron chi connectivity index (χ4n) is 3.74. The first-order chi connectivity index (χ1) is 14.6. The molecule has 1 aliphatic heterocycles. The third-order valence-electron chi connectivity index (χ3n) is 5.47. The van der Waals surface area contributed by atoms with Gasteiger partial charge in [0.25, 0.3) is 10.2 Å². The number of urea groups is 1. The van der Waals surface area contributed by atoms with Gasteiger partial charge in [-0.25, -0.2) is 12.8 Å². The van der Waals surface area contributed by atoms with Crippen molar-refractivity contribution >= 4 is 27.6 Å². The second-order valence-corrected chi connectivity index (χ2v) is 9.32. The van der Waals surface area contributed by atoms with Crippen molar-refractivity contribution in [3.8, 4) is 0 Å². The number of likely N-dealkylation sites (N-methyl/N-ethyl adjacent to an activating group) is 1. The van der Waals surface area contributed by atoms with Gasteiger partial charge in [0.15, 0.2) is 6.03 Å². The molecule has 2 amide bonds. The Morgan fingerprint density at radius 3 is 2.66 bits per heavy atom. The molecule has 2 aromatic rings. The smallest absolute Gasteiger partial charge is 0.424 e. The SMILES string of the molecule is CCc1cc(NC(=O)[N-]S(=O)(=O)N(CC2CCCN2C)c2cnn(C)c2)cc(C)c1F.[Na+]. The molecule has 1 fully saturated rings. The van der Waals surface area contributed by atoms with Gasteiger partial charge in [-0.3, -0.25) is 13.8 Å². The van der Waals surface area contributed by atoms with Crippen molar-refractivity contribution in [2.75, 3.05) is 29.8 Å². The molecule has 0 spiro atoms. The van der Waals surface area contributed by atoms with Crippen molar-refractivity contribution in [2.45, 2.75) is 39.2 Å². The number of nitrogens with one attached hydrogen (secondary N) is 1. The number of hydrogen-bond donors (Lipinski definition) is 1. The summed E-state index contributed by atoms with van der Waals surface area (Å²) in [4.78, 5) is 14.5. The van der Waals surface area contributed by atoms with Crippen molar-refractivity contribution in [3.05, 3.63) is 46.2 Å². The fourth-order valence-corrected chi connectivity index (χ4v) is 4.82. The number of carbonyl (C=O) groups excluding carboxylic acids is 1. The third-order valence-corrected chi connectivity index (χ3v) is 6.78. The number of carbonyl (C=O) groups is 1. The first kappa shape index (κ1) is 26.6. The standard InChI is InChI=1S/C20H29FN6O3S.Na/c1-5-15-10-16(9-14(2)19(15)21)23-20(28)24-31(29,30)27(18-11-22-26(4)12-18)13-17-7-6-8-25(17)3;/h9-12,17H,5-8,13H2,1-4H3,(H2,23,24,28);/q;+1/p-1. The molecule has 3 rings (SSSR count). The van der Waals surface area contributed by atoms with Gasteiger partial charge in [0.05, 0.1) is 11.9 Å². The van der Waals surface area contributed by atoms with Gasteiger partial charge in [0, 0.05) is 25.8 Å². The summed E-state index contributed by atoms with van der Waals surface area (Å²) in [6.07, 6.45) is 5.26. The maximum atomic E-state index is 14.1. The summed E-state index contributed by atoms with van der Waals surface area (Å²) in [6.45, 7) is 4.42. The topological polar surface area (TPSA) is 102 Å². The Labute approximate surface area is 210 Å². The van der Waals surface area contributed by atoms with Crippen LogP contribution in [0.1, 0.15) is 30.9 Å². The van der Waals surface area contributed by atoms with E-state index in [4.69, 9.17) is 0 Å². The van der Waals surface area contributed by atoms with Crippen LogP contribution in [-0.4, -0.2) is 55.3 Å². The van der Waals surface area contributed by atoms with Gasteiger partial charge in [-0.2, -0.15) is 5.10 Å². The molecule has 12 heteroatoms. The Kier molecular flexibility index (Phi) is 9.12. The van der Waals surface area contributed by atoms with Crippen LogP contribution in [0.4, 0.5) is 20.6 Å². The minimum atomic E-state index is -4.33. The largest absolute Gasteiger partial charge is 1.00 e. The van der Waals surface area contributed by atoms with E-state index in [0.717, 1.165) is 23.7 Å². The number of likely N-dealkylation sites (tertiary alicyclic amines) is 1. The van der Waals surface area contributed by atoms with Crippen molar-refractivity contribution in [1.82, 2.24) is 14.7 Å². The van der Waals surface area contributed by atoms with Gasteiger partial charge in [-0.1, -0.05) is 19.1 Å². The van der Waals surface area contributed by atoms with Crippen LogP contribution in [0.25, 0.3) is 4.72 Å². The van der Waals surface area contributed by atoms with Gasteiger partial charge in [-0.05, 0) is 56.6 Å². The predicted octanol–water partition coefficient (Wildman–Crippen LogP) is 0.185. The van der Waals surface area contributed by atoms with Crippen molar-refractivity contribution in [1.29, 1.82) is 0 Å². The Balaban J connectivity index is 0.00000363. The molecule has 2 heterocycles. The van der Waals surface area contributed by atoms with Crippen LogP contribution in [-0.2, 0) is 23.7 Å². The first-order valence-corrected chi connectivity index (χ1v) is 11.5. The first-order valence-electron chi connectivity index (χ1n) is 10.1. The van der Waals surface area contributed by atoms with E-state index < -0.39 is 16.2 Å². The van der Waals surface area contributed by atoms with E-state index in [9.17, 15) is 17.6 Å². The number of halogens is 1. The summed E-state index contributed by atoms with van der Waals surface area (Å²) in [5.41, 5.74) is 1.42. The molecule has 0 saturated carbocycles. The van der Waals surface area contributed by atoms with Gasteiger partial charge < -0.3 is 14.9 Å². The molecule has 1 aromatic carbocycles. The summed E-state index contributed by atoms with van der Waals surface area (Å²) in [5, 5.41) is 6.49. The molecule has 1 saturated heterocycles. The van der Waals surface area contributed by atoms with E-state index in [0.29, 0.717) is 28.9 Å². The quantitative estimate of drug-likeness (QED) is 0.577. The predicted molar refractivity (Wildman–Crippen MR) is 118 cm³/mol. The van der Waals surface area contributed by atoms with Crippen molar-refractivity contribution in [3.63, 3.8) is 0 Å². The van der Waals surface area contributed by atoms with Crippen LogP contribution < -0.4 is 39.2 Å². The molecule has 1 aromatic heterocycles. The molecular formula is C20H28FN6NaO3S. The Morgan fingerprint density at radius 1 is 1.38 bits per heavy atom. The number of hydrogen-bond acceptors (Lipinski definition) is 5. The van der Waals surface area contributed by atoms with E-state index in [1.54, 1.807) is 27.1 Å². The number of nitrogens with zero attached hydrogens (tertiary/aromatic N) is 5. The Bertz CT molecular complexity index is 1060. The van der Waals surface area contributed by atoms with Gasteiger partial charge in [0.1, 0.15) is 5.82 Å². The minimum absolute atomic E-state index is 0. The Morgan fingerprint density at radius 2 is 2.09 bits per heavy atom. The van der Waals surface area contributed by atoms with E-state index in [2.05, 4.69) is 20.0 Å². The van der Waals surface area contributed by atoms with Crippen molar-refractivity contribution in [2.24, 2.45) is 7.05 Å². The van der Waals surface area contributed by atoms with Crippen LogP contribution in [0.15, 0.2) is 24.5 Å². The zero-order valence-electron chi connectivity index (χ0n) is 19.2. The molecule has 1 aliphatic rings. The van der Waals surface area contributed by atoms with E-state index in [-0.39, 0.29) is 48.0 Å². The summed E-state index contributed by atoms with van der Waals surface area (Å²) < 4.78 is 46.3. The van der Waals surface area contributed by atoms with E-state index in [1.165, 1.54) is 23.0 Å². The summed E-state index contributed by atoms with van der Waals surface area (Å²) >= 11 is 0. The summed E-state index contributed by atoms with van der Waals surface area (Å²) in [7, 11) is -0.709. The molecule has 0 bridgehead atoms. The zero-order chi connectivity index (χ0) is 22.8. The second kappa shape index (κ2) is 11.0. The molecule has 9 nitrogen and oxygen atoms in total. The molecule has 170 valence electrons. The van der Waals surface area contributed by atoms with E-state index in [1.807, 2.05) is 7.05 Å². The molecule has 1 atom stereocenters. The molecule has 0 radical (unpaired) electrons. The van der Waals surface area contributed by atoms with Crippen LogP contribution in [0.5, 0.6) is 0 Å². The number of benzene rings is 1. The van der Waals surface area contributed by atoms with Crippen LogP contribution in [0.2, 0.25) is 0 Å². The maximum absolute atomic E-state index is 14.1. The van der Waals surface area contributed by atoms with Gasteiger partial charge in [-0.15, -0.1) is 0 Å². The fraction of sp³-hybridized carbons (Fsp3) is 0.500. The third kappa shape index (κ3) is 6.22. The molecule has 1 N–H and O–H groups in total. The summed E-state index contributed by atoms with van der Waals surface area (Å²) in [6, 6.07) is 1.90. The van der Waals surface area contributed by atoms with Crippen LogP contribution in [0, 0.1) is 12.7 Å². The van der Waals surface area contributed by atoms with Gasteiger partial charge in [0.2, 0.25) is 0 Å².